The van der Waals surface area contributed by atoms with E-state index in [0.29, 0.717) is 6.61 Å². The van der Waals surface area contributed by atoms with E-state index in [1.54, 1.807) is 0 Å². The van der Waals surface area contributed by atoms with E-state index in [1.807, 2.05) is 13.8 Å². The van der Waals surface area contributed by atoms with Gasteiger partial charge < -0.3 is 10.5 Å². The van der Waals surface area contributed by atoms with Crippen molar-refractivity contribution < 1.29 is 9.53 Å². The van der Waals surface area contributed by atoms with Crippen LogP contribution in [0.3, 0.4) is 0 Å². The third kappa shape index (κ3) is 0.355. The molecule has 2 fully saturated rings. The molecule has 10 heavy (non-hydrogen) atoms. The van der Waals surface area contributed by atoms with Crippen LogP contribution >= 0.6 is 0 Å². The molecular formula is C7H11NO2. The summed E-state index contributed by atoms with van der Waals surface area (Å²) < 4.78 is 4.79. The summed E-state index contributed by atoms with van der Waals surface area (Å²) in [6, 6.07) is 0. The molecule has 0 aromatic carbocycles. The quantitative estimate of drug-likeness (QED) is 0.479. The Morgan fingerprint density at radius 2 is 2.30 bits per heavy atom. The zero-order valence-electron chi connectivity index (χ0n) is 6.18. The maximum Gasteiger partial charge on any atom is 0.327 e. The van der Waals surface area contributed by atoms with Crippen LogP contribution in [-0.4, -0.2) is 18.1 Å². The molecule has 56 valence electrons. The molecule has 0 aromatic heterocycles. The fraction of sp³-hybridized carbons (Fsp3) is 0.857. The first-order valence-electron chi connectivity index (χ1n) is 3.47. The molecule has 2 atom stereocenters. The molecule has 2 N–H and O–H groups in total. The summed E-state index contributed by atoms with van der Waals surface area (Å²) in [5.74, 6) is 0.0370. The van der Waals surface area contributed by atoms with Crippen molar-refractivity contribution in [3.63, 3.8) is 0 Å². The van der Waals surface area contributed by atoms with Gasteiger partial charge in [0, 0.05) is 11.3 Å². The Bertz CT molecular complexity index is 212. The molecule has 0 amide bonds. The predicted octanol–water partition coefficient (Wildman–Crippen LogP) is -0.103. The summed E-state index contributed by atoms with van der Waals surface area (Å²) in [6.45, 7) is 4.54. The first-order chi connectivity index (χ1) is 4.51. The van der Waals surface area contributed by atoms with Gasteiger partial charge in [-0.3, -0.25) is 4.79 Å². The second-order valence-electron chi connectivity index (χ2n) is 3.74. The number of carbonyl (C=O) groups excluding carboxylic acids is 1. The maximum atomic E-state index is 11.0. The Morgan fingerprint density at radius 3 is 2.50 bits per heavy atom. The van der Waals surface area contributed by atoms with Crippen LogP contribution in [0.4, 0.5) is 0 Å². The van der Waals surface area contributed by atoms with E-state index in [2.05, 4.69) is 0 Å². The van der Waals surface area contributed by atoms with Gasteiger partial charge in [0.2, 0.25) is 0 Å². The third-order valence-electron chi connectivity index (χ3n) is 3.12. The number of ether oxygens (including phenoxy) is 1. The van der Waals surface area contributed by atoms with Crippen molar-refractivity contribution in [2.75, 3.05) is 6.61 Å². The third-order valence-corrected chi connectivity index (χ3v) is 3.12. The van der Waals surface area contributed by atoms with E-state index in [-0.39, 0.29) is 17.3 Å². The molecule has 1 saturated carbocycles. The number of hydrogen-bond acceptors (Lipinski definition) is 3. The van der Waals surface area contributed by atoms with Gasteiger partial charge in [0.1, 0.15) is 5.54 Å². The van der Waals surface area contributed by atoms with Crippen LogP contribution in [0.2, 0.25) is 0 Å². The van der Waals surface area contributed by atoms with Gasteiger partial charge in [0.15, 0.2) is 0 Å². The van der Waals surface area contributed by atoms with E-state index in [4.69, 9.17) is 10.5 Å². The Labute approximate surface area is 59.5 Å². The minimum absolute atomic E-state index is 0.0255. The molecule has 0 radical (unpaired) electrons. The van der Waals surface area contributed by atoms with E-state index in [9.17, 15) is 4.79 Å². The van der Waals surface area contributed by atoms with Crippen LogP contribution in [0.15, 0.2) is 0 Å². The van der Waals surface area contributed by atoms with Crippen molar-refractivity contribution in [1.29, 1.82) is 0 Å². The second-order valence-corrected chi connectivity index (χ2v) is 3.74. The van der Waals surface area contributed by atoms with Crippen LogP contribution in [0, 0.1) is 11.3 Å². The SMILES string of the molecule is CC1(C)[C@@H]2COC(=O)[C@@]21N. The van der Waals surface area contributed by atoms with Crippen molar-refractivity contribution in [1.82, 2.24) is 0 Å². The first-order valence-corrected chi connectivity index (χ1v) is 3.47. The minimum Gasteiger partial charge on any atom is -0.464 e. The summed E-state index contributed by atoms with van der Waals surface area (Å²) in [6.07, 6.45) is 0. The summed E-state index contributed by atoms with van der Waals surface area (Å²) in [5, 5.41) is 0. The molecule has 3 heteroatoms. The van der Waals surface area contributed by atoms with E-state index in [1.165, 1.54) is 0 Å². The van der Waals surface area contributed by atoms with Gasteiger partial charge in [-0.2, -0.15) is 0 Å². The zero-order chi connectivity index (χ0) is 7.57. The molecule has 2 rings (SSSR count). The van der Waals surface area contributed by atoms with Gasteiger partial charge >= 0.3 is 5.97 Å². The Balaban J connectivity index is 2.37. The zero-order valence-corrected chi connectivity index (χ0v) is 6.18. The Kier molecular flexibility index (Phi) is 0.759. The molecule has 1 heterocycles. The molecule has 1 aliphatic carbocycles. The number of hydrogen-bond donors (Lipinski definition) is 1. The van der Waals surface area contributed by atoms with E-state index < -0.39 is 5.54 Å². The molecule has 1 aliphatic heterocycles. The lowest BCUT2D eigenvalue weighted by atomic mass is 10.1. The number of nitrogens with two attached hydrogens (primary N) is 1. The lowest BCUT2D eigenvalue weighted by Gasteiger charge is -2.11. The fourth-order valence-corrected chi connectivity index (χ4v) is 1.93. The molecule has 2 aliphatic rings. The highest BCUT2D eigenvalue weighted by atomic mass is 16.5. The minimum atomic E-state index is -0.646. The summed E-state index contributed by atoms with van der Waals surface area (Å²) in [4.78, 5) is 11.0. The van der Waals surface area contributed by atoms with Crippen LogP contribution in [0.5, 0.6) is 0 Å². The molecule has 1 saturated heterocycles. The number of cyclic esters (lactones) is 1. The van der Waals surface area contributed by atoms with E-state index >= 15 is 0 Å². The van der Waals surface area contributed by atoms with Crippen molar-refractivity contribution >= 4 is 5.97 Å². The lowest BCUT2D eigenvalue weighted by Crippen LogP contribution is -2.37. The lowest BCUT2D eigenvalue weighted by molar-refractivity contribution is -0.143. The van der Waals surface area contributed by atoms with Gasteiger partial charge in [-0.15, -0.1) is 0 Å². The van der Waals surface area contributed by atoms with Gasteiger partial charge in [-0.05, 0) is 0 Å². The van der Waals surface area contributed by atoms with Crippen LogP contribution in [0.1, 0.15) is 13.8 Å². The molecular weight excluding hydrogens is 130 g/mol. The Morgan fingerprint density at radius 1 is 1.70 bits per heavy atom. The van der Waals surface area contributed by atoms with Crippen molar-refractivity contribution in [2.24, 2.45) is 17.1 Å². The van der Waals surface area contributed by atoms with Crippen LogP contribution < -0.4 is 5.73 Å². The number of fused-ring (bicyclic) bond motifs is 1. The highest BCUT2D eigenvalue weighted by Crippen LogP contribution is 2.63. The Hall–Kier alpha value is -0.570. The van der Waals surface area contributed by atoms with Crippen molar-refractivity contribution in [2.45, 2.75) is 19.4 Å². The first kappa shape index (κ1) is 6.16. The fourth-order valence-electron chi connectivity index (χ4n) is 1.93. The van der Waals surface area contributed by atoms with Gasteiger partial charge in [-0.1, -0.05) is 13.8 Å². The van der Waals surface area contributed by atoms with Crippen LogP contribution in [-0.2, 0) is 9.53 Å². The maximum absolute atomic E-state index is 11.0. The van der Waals surface area contributed by atoms with Crippen LogP contribution in [0.25, 0.3) is 0 Å². The highest BCUT2D eigenvalue weighted by Gasteiger charge is 2.78. The molecule has 0 spiro atoms. The predicted molar refractivity (Wildman–Crippen MR) is 35.1 cm³/mol. The van der Waals surface area contributed by atoms with Crippen molar-refractivity contribution in [3.05, 3.63) is 0 Å². The number of esters is 1. The average Bonchev–Trinajstić information content (AvgIpc) is 2.19. The van der Waals surface area contributed by atoms with Gasteiger partial charge in [0.05, 0.1) is 6.61 Å². The monoisotopic (exact) mass is 141 g/mol. The largest absolute Gasteiger partial charge is 0.464 e. The standard InChI is InChI=1S/C7H11NO2/c1-6(2)4-3-10-5(9)7(4,6)8/h4H,3,8H2,1-2H3/t4-,7-/m0/s1. The smallest absolute Gasteiger partial charge is 0.327 e. The normalized spacial score (nSPS) is 48.3. The molecule has 0 unspecified atom stereocenters. The number of carbonyl (C=O) groups is 1. The van der Waals surface area contributed by atoms with Gasteiger partial charge in [-0.25, -0.2) is 0 Å². The van der Waals surface area contributed by atoms with Gasteiger partial charge in [0.25, 0.3) is 0 Å². The topological polar surface area (TPSA) is 52.3 Å². The molecule has 3 nitrogen and oxygen atoms in total. The average molecular weight is 141 g/mol. The molecule has 0 bridgehead atoms. The highest BCUT2D eigenvalue weighted by molar-refractivity contribution is 5.89. The summed E-state index contributed by atoms with van der Waals surface area (Å²) >= 11 is 0. The molecule has 0 aromatic rings. The summed E-state index contributed by atoms with van der Waals surface area (Å²) in [7, 11) is 0. The van der Waals surface area contributed by atoms with Crippen molar-refractivity contribution in [3.8, 4) is 0 Å². The number of rotatable bonds is 0. The second kappa shape index (κ2) is 1.23. The van der Waals surface area contributed by atoms with E-state index in [0.717, 1.165) is 0 Å². The summed E-state index contributed by atoms with van der Waals surface area (Å²) in [5.41, 5.74) is 5.13.